The predicted octanol–water partition coefficient (Wildman–Crippen LogP) is 2.88. The van der Waals surface area contributed by atoms with Gasteiger partial charge in [-0.3, -0.25) is 0 Å². The van der Waals surface area contributed by atoms with E-state index >= 15 is 0 Å². The lowest BCUT2D eigenvalue weighted by Crippen LogP contribution is -2.55. The SMILES string of the molecule is CC(F)(F)C(F)(CF)C(F)(F)F. The fourth-order valence-corrected chi connectivity index (χ4v) is 0.442. The number of alkyl halides is 7. The summed E-state index contributed by atoms with van der Waals surface area (Å²) in [6.45, 7) is -3.11. The van der Waals surface area contributed by atoms with Crippen molar-refractivity contribution in [2.45, 2.75) is 24.7 Å². The van der Waals surface area contributed by atoms with Crippen LogP contribution in [0.1, 0.15) is 6.92 Å². The van der Waals surface area contributed by atoms with E-state index in [4.69, 9.17) is 0 Å². The number of hydrogen-bond acceptors (Lipinski definition) is 0. The Morgan fingerprint density at radius 2 is 1.25 bits per heavy atom. The van der Waals surface area contributed by atoms with E-state index < -0.39 is 24.4 Å². The first kappa shape index (κ1) is 11.5. The van der Waals surface area contributed by atoms with Gasteiger partial charge in [0.25, 0.3) is 11.6 Å². The van der Waals surface area contributed by atoms with Gasteiger partial charge in [-0.15, -0.1) is 0 Å². The summed E-state index contributed by atoms with van der Waals surface area (Å²) in [7, 11) is 0. The molecule has 0 saturated carbocycles. The van der Waals surface area contributed by atoms with Crippen molar-refractivity contribution in [2.75, 3.05) is 6.67 Å². The van der Waals surface area contributed by atoms with Gasteiger partial charge < -0.3 is 0 Å². The van der Waals surface area contributed by atoms with E-state index in [0.29, 0.717) is 0 Å². The summed E-state index contributed by atoms with van der Waals surface area (Å²) in [5, 5.41) is 0. The van der Waals surface area contributed by atoms with Gasteiger partial charge in [0.15, 0.2) is 0 Å². The summed E-state index contributed by atoms with van der Waals surface area (Å²) in [5.41, 5.74) is -5.08. The molecular formula is C5H5F7. The number of hydrogen-bond donors (Lipinski definition) is 0. The topological polar surface area (TPSA) is 0 Å². The first-order valence-electron chi connectivity index (χ1n) is 2.75. The largest absolute Gasteiger partial charge is 0.431 e. The maximum Gasteiger partial charge on any atom is 0.431 e. The van der Waals surface area contributed by atoms with Gasteiger partial charge in [0.1, 0.15) is 6.67 Å². The summed E-state index contributed by atoms with van der Waals surface area (Å²) in [5.74, 6) is -4.78. The minimum absolute atomic E-state index is 0.319. The van der Waals surface area contributed by atoms with Crippen LogP contribution in [0.2, 0.25) is 0 Å². The summed E-state index contributed by atoms with van der Waals surface area (Å²) in [4.78, 5) is 0. The van der Waals surface area contributed by atoms with E-state index in [1.54, 1.807) is 0 Å². The molecule has 1 atom stereocenters. The van der Waals surface area contributed by atoms with E-state index in [1.807, 2.05) is 0 Å². The van der Waals surface area contributed by atoms with Gasteiger partial charge in [0, 0.05) is 6.92 Å². The highest BCUT2D eigenvalue weighted by atomic mass is 19.4. The minimum atomic E-state index is -5.90. The molecule has 0 bridgehead atoms. The van der Waals surface area contributed by atoms with Crippen LogP contribution in [0, 0.1) is 0 Å². The number of rotatable bonds is 2. The molecule has 0 fully saturated rings. The van der Waals surface area contributed by atoms with Crippen LogP contribution in [0.4, 0.5) is 30.7 Å². The van der Waals surface area contributed by atoms with E-state index in [1.165, 1.54) is 0 Å². The molecule has 0 radical (unpaired) electrons. The van der Waals surface area contributed by atoms with E-state index in [0.717, 1.165) is 0 Å². The molecule has 0 aromatic heterocycles. The van der Waals surface area contributed by atoms with Crippen LogP contribution < -0.4 is 0 Å². The Balaban J connectivity index is 4.95. The molecule has 1 unspecified atom stereocenters. The number of halogens is 7. The fraction of sp³-hybridized carbons (Fsp3) is 1.00. The van der Waals surface area contributed by atoms with E-state index in [9.17, 15) is 30.7 Å². The molecule has 0 amide bonds. The van der Waals surface area contributed by atoms with Gasteiger partial charge in [-0.25, -0.2) is 17.6 Å². The molecule has 12 heavy (non-hydrogen) atoms. The molecule has 0 aliphatic heterocycles. The fourth-order valence-electron chi connectivity index (χ4n) is 0.442. The normalized spacial score (nSPS) is 19.0. The van der Waals surface area contributed by atoms with Crippen LogP contribution in [0.15, 0.2) is 0 Å². The third kappa shape index (κ3) is 1.64. The van der Waals surface area contributed by atoms with Crippen molar-refractivity contribution in [2.24, 2.45) is 0 Å². The van der Waals surface area contributed by atoms with Gasteiger partial charge in [-0.05, 0) is 0 Å². The Morgan fingerprint density at radius 3 is 1.25 bits per heavy atom. The van der Waals surface area contributed by atoms with E-state index in [2.05, 4.69) is 0 Å². The molecule has 0 aliphatic carbocycles. The lowest BCUT2D eigenvalue weighted by atomic mass is 10.0. The molecule has 0 rings (SSSR count). The molecule has 7 heteroatoms. The molecule has 0 aromatic carbocycles. The van der Waals surface area contributed by atoms with Gasteiger partial charge in [0.2, 0.25) is 0 Å². The molecule has 0 N–H and O–H groups in total. The highest BCUT2D eigenvalue weighted by Crippen LogP contribution is 2.45. The second-order valence-electron chi connectivity index (χ2n) is 2.32. The van der Waals surface area contributed by atoms with Crippen molar-refractivity contribution in [3.8, 4) is 0 Å². The van der Waals surface area contributed by atoms with Crippen LogP contribution >= 0.6 is 0 Å². The van der Waals surface area contributed by atoms with Crippen molar-refractivity contribution < 1.29 is 30.7 Å². The lowest BCUT2D eigenvalue weighted by Gasteiger charge is -2.29. The quantitative estimate of drug-likeness (QED) is 0.598. The monoisotopic (exact) mass is 198 g/mol. The minimum Gasteiger partial charge on any atom is -0.247 e. The summed E-state index contributed by atoms with van der Waals surface area (Å²) in [6, 6.07) is 0. The Labute approximate surface area is 63.4 Å². The Bertz CT molecular complexity index is 138. The van der Waals surface area contributed by atoms with Gasteiger partial charge >= 0.3 is 6.18 Å². The van der Waals surface area contributed by atoms with Crippen molar-refractivity contribution in [3.63, 3.8) is 0 Å². The Morgan fingerprint density at radius 1 is 0.917 bits per heavy atom. The molecule has 0 aromatic rings. The highest BCUT2D eigenvalue weighted by Gasteiger charge is 2.69. The predicted molar refractivity (Wildman–Crippen MR) is 26.5 cm³/mol. The van der Waals surface area contributed by atoms with Gasteiger partial charge in [0.05, 0.1) is 0 Å². The third-order valence-corrected chi connectivity index (χ3v) is 1.33. The van der Waals surface area contributed by atoms with Crippen molar-refractivity contribution in [1.29, 1.82) is 0 Å². The average Bonchev–Trinajstić information content (AvgIpc) is 1.81. The standard InChI is InChI=1S/C5H5F7/c1-3(7,8)4(9,2-6)5(10,11)12/h2H2,1H3. The van der Waals surface area contributed by atoms with Crippen LogP contribution in [0.3, 0.4) is 0 Å². The van der Waals surface area contributed by atoms with Crippen molar-refractivity contribution in [3.05, 3.63) is 0 Å². The van der Waals surface area contributed by atoms with Crippen molar-refractivity contribution in [1.82, 2.24) is 0 Å². The molecule has 74 valence electrons. The Kier molecular flexibility index (Phi) is 2.66. The summed E-state index contributed by atoms with van der Waals surface area (Å²) >= 11 is 0. The zero-order chi connectivity index (χ0) is 10.2. The second kappa shape index (κ2) is 2.77. The van der Waals surface area contributed by atoms with Crippen LogP contribution in [0.25, 0.3) is 0 Å². The zero-order valence-electron chi connectivity index (χ0n) is 5.85. The summed E-state index contributed by atoms with van der Waals surface area (Å²) < 4.78 is 82.1. The molecule has 0 heterocycles. The van der Waals surface area contributed by atoms with Gasteiger partial charge in [-0.1, -0.05) is 0 Å². The summed E-state index contributed by atoms with van der Waals surface area (Å²) in [6.07, 6.45) is -5.90. The highest BCUT2D eigenvalue weighted by molar-refractivity contribution is 4.96. The first-order chi connectivity index (χ1) is 5.06. The molecule has 0 nitrogen and oxygen atoms in total. The van der Waals surface area contributed by atoms with Gasteiger partial charge in [-0.2, -0.15) is 13.2 Å². The second-order valence-corrected chi connectivity index (χ2v) is 2.32. The average molecular weight is 198 g/mol. The molecule has 0 spiro atoms. The lowest BCUT2D eigenvalue weighted by molar-refractivity contribution is -0.300. The molecule has 0 aliphatic rings. The molecule has 0 saturated heterocycles. The van der Waals surface area contributed by atoms with Crippen molar-refractivity contribution >= 4 is 0 Å². The third-order valence-electron chi connectivity index (χ3n) is 1.33. The zero-order valence-corrected chi connectivity index (χ0v) is 5.85. The molecular weight excluding hydrogens is 193 g/mol. The van der Waals surface area contributed by atoms with Crippen LogP contribution in [-0.4, -0.2) is 24.4 Å². The van der Waals surface area contributed by atoms with Crippen LogP contribution in [-0.2, 0) is 0 Å². The maximum atomic E-state index is 12.3. The van der Waals surface area contributed by atoms with E-state index in [-0.39, 0.29) is 6.92 Å². The Hall–Kier alpha value is -0.490. The van der Waals surface area contributed by atoms with Crippen LogP contribution in [0.5, 0.6) is 0 Å². The maximum absolute atomic E-state index is 12.3. The smallest absolute Gasteiger partial charge is 0.247 e. The first-order valence-corrected chi connectivity index (χ1v) is 2.75.